The summed E-state index contributed by atoms with van der Waals surface area (Å²) in [7, 11) is 0. The van der Waals surface area contributed by atoms with E-state index in [-0.39, 0.29) is 17.8 Å². The fourth-order valence-electron chi connectivity index (χ4n) is 4.58. The van der Waals surface area contributed by atoms with Crippen molar-refractivity contribution in [2.45, 2.75) is 39.2 Å². The molecule has 30 heavy (non-hydrogen) atoms. The van der Waals surface area contributed by atoms with E-state index in [9.17, 15) is 4.79 Å². The third-order valence-corrected chi connectivity index (χ3v) is 6.16. The molecule has 1 aliphatic heterocycles. The molecule has 152 valence electrons. The minimum Gasteiger partial charge on any atom is -0.359 e. The van der Waals surface area contributed by atoms with Crippen molar-refractivity contribution < 1.29 is 9.32 Å². The predicted octanol–water partition coefficient (Wildman–Crippen LogP) is 4.44. The van der Waals surface area contributed by atoms with Crippen molar-refractivity contribution in [1.82, 2.24) is 10.5 Å². The molecule has 6 nitrogen and oxygen atoms in total. The molecule has 1 aromatic heterocycles. The van der Waals surface area contributed by atoms with Crippen LogP contribution < -0.4 is 10.2 Å². The van der Waals surface area contributed by atoms with Crippen molar-refractivity contribution in [3.05, 3.63) is 71.1 Å². The molecule has 0 radical (unpaired) electrons. The fourth-order valence-corrected chi connectivity index (χ4v) is 4.58. The molecule has 2 heterocycles. The molecule has 2 aromatic carbocycles. The third kappa shape index (κ3) is 2.67. The summed E-state index contributed by atoms with van der Waals surface area (Å²) in [5.41, 5.74) is 4.50. The van der Waals surface area contributed by atoms with Gasteiger partial charge in [-0.05, 0) is 62.3 Å². The van der Waals surface area contributed by atoms with E-state index >= 15 is 0 Å². The van der Waals surface area contributed by atoms with Gasteiger partial charge in [-0.15, -0.1) is 0 Å². The van der Waals surface area contributed by atoms with Crippen LogP contribution in [0.1, 0.15) is 35.4 Å². The zero-order valence-corrected chi connectivity index (χ0v) is 17.3. The second kappa shape index (κ2) is 6.55. The van der Waals surface area contributed by atoms with Crippen molar-refractivity contribution in [2.24, 2.45) is 5.92 Å². The summed E-state index contributed by atoms with van der Waals surface area (Å²) in [5, 5.41) is 15.9. The number of aryl methyl sites for hydroxylation is 3. The van der Waals surface area contributed by atoms with Crippen LogP contribution in [-0.2, 0) is 10.3 Å². The number of anilines is 1. The first kappa shape index (κ1) is 18.6. The quantitative estimate of drug-likeness (QED) is 0.678. The van der Waals surface area contributed by atoms with Gasteiger partial charge in [0.25, 0.3) is 5.91 Å². The van der Waals surface area contributed by atoms with E-state index < -0.39 is 5.54 Å². The molecule has 0 spiro atoms. The molecule has 2 N–H and O–H groups in total. The molecular formula is C24H24N4O2. The summed E-state index contributed by atoms with van der Waals surface area (Å²) < 4.78 is 5.27. The third-order valence-electron chi connectivity index (χ3n) is 6.16. The van der Waals surface area contributed by atoms with Crippen LogP contribution in [0.5, 0.6) is 0 Å². The van der Waals surface area contributed by atoms with E-state index in [0.717, 1.165) is 29.5 Å². The van der Waals surface area contributed by atoms with Gasteiger partial charge < -0.3 is 9.84 Å². The predicted molar refractivity (Wildman–Crippen MR) is 115 cm³/mol. The molecule has 1 saturated carbocycles. The molecule has 1 saturated heterocycles. The lowest BCUT2D eigenvalue weighted by Gasteiger charge is -2.28. The van der Waals surface area contributed by atoms with E-state index in [2.05, 4.69) is 47.7 Å². The van der Waals surface area contributed by atoms with Crippen LogP contribution in [0, 0.1) is 32.1 Å². The molecule has 1 amide bonds. The minimum absolute atomic E-state index is 0.0715. The van der Waals surface area contributed by atoms with Crippen LogP contribution in [0.2, 0.25) is 0 Å². The van der Waals surface area contributed by atoms with Gasteiger partial charge in [-0.3, -0.25) is 10.2 Å². The van der Waals surface area contributed by atoms with Crippen molar-refractivity contribution in [2.75, 3.05) is 4.90 Å². The summed E-state index contributed by atoms with van der Waals surface area (Å²) >= 11 is 0. The summed E-state index contributed by atoms with van der Waals surface area (Å²) in [4.78, 5) is 15.3. The Labute approximate surface area is 175 Å². The summed E-state index contributed by atoms with van der Waals surface area (Å²) in [6, 6.07) is 16.5. The average Bonchev–Trinajstić information content (AvgIpc) is 3.49. The highest BCUT2D eigenvalue weighted by Crippen LogP contribution is 2.50. The lowest BCUT2D eigenvalue weighted by Crippen LogP contribution is -2.46. The van der Waals surface area contributed by atoms with Gasteiger partial charge in [-0.25, -0.2) is 4.90 Å². The maximum atomic E-state index is 13.9. The number of carbonyl (C=O) groups is 1. The maximum absolute atomic E-state index is 13.9. The lowest BCUT2D eigenvalue weighted by atomic mass is 9.83. The van der Waals surface area contributed by atoms with Gasteiger partial charge in [-0.1, -0.05) is 53.2 Å². The van der Waals surface area contributed by atoms with E-state index in [4.69, 9.17) is 9.93 Å². The Hall–Kier alpha value is -3.41. The SMILES string of the molecule is Cc1cccc(-c2cccc(C3(C4CC4)NC(=N)N(c4c(C)noc4C)C3=O)c2)c1. The number of hydrogen-bond donors (Lipinski definition) is 2. The van der Waals surface area contributed by atoms with Gasteiger partial charge in [-0.2, -0.15) is 0 Å². The molecule has 0 bridgehead atoms. The van der Waals surface area contributed by atoms with Crippen LogP contribution in [-0.4, -0.2) is 17.0 Å². The number of aromatic nitrogens is 1. The number of nitrogens with zero attached hydrogens (tertiary/aromatic N) is 2. The minimum atomic E-state index is -0.937. The first-order valence-electron chi connectivity index (χ1n) is 10.2. The second-order valence-corrected chi connectivity index (χ2v) is 8.32. The van der Waals surface area contributed by atoms with Crippen LogP contribution in [0.25, 0.3) is 11.1 Å². The first-order valence-corrected chi connectivity index (χ1v) is 10.2. The average molecular weight is 400 g/mol. The molecular weight excluding hydrogens is 376 g/mol. The standard InChI is InChI=1S/C24H24N4O2/c1-14-6-4-7-17(12-14)18-8-5-9-20(13-18)24(19-10-11-19)22(29)28(23(25)26-24)21-15(2)27-30-16(21)3/h4-9,12-13,19H,10-11H2,1-3H3,(H2,25,26). The van der Waals surface area contributed by atoms with Crippen LogP contribution in [0.15, 0.2) is 53.1 Å². The van der Waals surface area contributed by atoms with Crippen molar-refractivity contribution >= 4 is 17.6 Å². The number of rotatable bonds is 4. The molecule has 3 aromatic rings. The second-order valence-electron chi connectivity index (χ2n) is 8.32. The molecule has 2 fully saturated rings. The largest absolute Gasteiger partial charge is 0.359 e. The van der Waals surface area contributed by atoms with Crippen molar-refractivity contribution in [1.29, 1.82) is 5.41 Å². The van der Waals surface area contributed by atoms with Crippen LogP contribution in [0.3, 0.4) is 0 Å². The summed E-state index contributed by atoms with van der Waals surface area (Å²) in [6.45, 7) is 5.64. The molecule has 1 aliphatic carbocycles. The fraction of sp³-hybridized carbons (Fsp3) is 0.292. The zero-order valence-electron chi connectivity index (χ0n) is 17.3. The van der Waals surface area contributed by atoms with Gasteiger partial charge in [0, 0.05) is 0 Å². The van der Waals surface area contributed by atoms with Crippen molar-refractivity contribution in [3.63, 3.8) is 0 Å². The maximum Gasteiger partial charge on any atom is 0.264 e. The summed E-state index contributed by atoms with van der Waals surface area (Å²) in [6.07, 6.45) is 1.91. The normalized spacial score (nSPS) is 21.2. The van der Waals surface area contributed by atoms with Gasteiger partial charge in [0.1, 0.15) is 16.9 Å². The van der Waals surface area contributed by atoms with E-state index in [1.165, 1.54) is 10.5 Å². The molecule has 1 atom stereocenters. The van der Waals surface area contributed by atoms with Crippen molar-refractivity contribution in [3.8, 4) is 11.1 Å². The van der Waals surface area contributed by atoms with Gasteiger partial charge >= 0.3 is 0 Å². The van der Waals surface area contributed by atoms with E-state index in [0.29, 0.717) is 17.1 Å². The van der Waals surface area contributed by atoms with Crippen LogP contribution in [0.4, 0.5) is 5.69 Å². The van der Waals surface area contributed by atoms with E-state index in [1.54, 1.807) is 13.8 Å². The Morgan fingerprint density at radius 2 is 1.80 bits per heavy atom. The molecule has 5 rings (SSSR count). The Bertz CT molecular complexity index is 1160. The Balaban J connectivity index is 1.62. The van der Waals surface area contributed by atoms with Gasteiger partial charge in [0.2, 0.25) is 5.96 Å². The van der Waals surface area contributed by atoms with E-state index in [1.807, 2.05) is 18.2 Å². The molecule has 2 aliphatic rings. The number of hydrogen-bond acceptors (Lipinski definition) is 4. The Kier molecular flexibility index (Phi) is 4.07. The Morgan fingerprint density at radius 1 is 1.10 bits per heavy atom. The topological polar surface area (TPSA) is 82.2 Å². The Morgan fingerprint density at radius 3 is 2.43 bits per heavy atom. The van der Waals surface area contributed by atoms with Gasteiger partial charge in [0.15, 0.2) is 5.76 Å². The molecule has 6 heteroatoms. The summed E-state index contributed by atoms with van der Waals surface area (Å²) in [5.74, 6) is 0.629. The zero-order chi connectivity index (χ0) is 21.0. The van der Waals surface area contributed by atoms with Gasteiger partial charge in [0.05, 0.1) is 0 Å². The highest BCUT2D eigenvalue weighted by molar-refractivity contribution is 6.25. The lowest BCUT2D eigenvalue weighted by molar-refractivity contribution is -0.123. The highest BCUT2D eigenvalue weighted by atomic mass is 16.5. The number of guanidine groups is 1. The highest BCUT2D eigenvalue weighted by Gasteiger charge is 2.60. The first-order chi connectivity index (χ1) is 14.4. The number of nitrogens with one attached hydrogen (secondary N) is 2. The number of amides is 1. The van der Waals surface area contributed by atoms with Crippen LogP contribution >= 0.6 is 0 Å². The smallest absolute Gasteiger partial charge is 0.264 e. The molecule has 1 unspecified atom stereocenters. The number of carbonyl (C=O) groups excluding carboxylic acids is 1. The number of benzene rings is 2. The monoisotopic (exact) mass is 400 g/mol.